The fourth-order valence-electron chi connectivity index (χ4n) is 2.70. The van der Waals surface area contributed by atoms with Gasteiger partial charge in [-0.15, -0.1) is 0 Å². The van der Waals surface area contributed by atoms with Gasteiger partial charge in [0, 0.05) is 0 Å². The van der Waals surface area contributed by atoms with Crippen molar-refractivity contribution in [2.24, 2.45) is 0 Å². The molecule has 0 spiro atoms. The van der Waals surface area contributed by atoms with E-state index < -0.39 is 20.2 Å². The highest BCUT2D eigenvalue weighted by Crippen LogP contribution is 2.16. The Labute approximate surface area is 162 Å². The second kappa shape index (κ2) is 12.3. The van der Waals surface area contributed by atoms with Crippen molar-refractivity contribution >= 4 is 20.2 Å². The fourth-order valence-corrected chi connectivity index (χ4v) is 3.75. The van der Waals surface area contributed by atoms with Crippen LogP contribution >= 0.6 is 0 Å². The van der Waals surface area contributed by atoms with Gasteiger partial charge in [-0.2, -0.15) is 16.8 Å². The lowest BCUT2D eigenvalue weighted by Gasteiger charge is -2.07. The fraction of sp³-hybridized carbons (Fsp3) is 0.667. The van der Waals surface area contributed by atoms with Crippen LogP contribution in [-0.4, -0.2) is 38.3 Å². The van der Waals surface area contributed by atoms with Gasteiger partial charge in [0.2, 0.25) is 0 Å². The number of rotatable bonds is 15. The third kappa shape index (κ3) is 12.8. The van der Waals surface area contributed by atoms with Crippen molar-refractivity contribution in [3.8, 4) is 5.75 Å². The summed E-state index contributed by atoms with van der Waals surface area (Å²) in [7, 11) is -7.97. The second-order valence-corrected chi connectivity index (χ2v) is 9.61. The van der Waals surface area contributed by atoms with Gasteiger partial charge in [-0.3, -0.25) is 9.11 Å². The van der Waals surface area contributed by atoms with E-state index in [1.807, 2.05) is 0 Å². The van der Waals surface area contributed by atoms with Gasteiger partial charge in [0.25, 0.3) is 20.2 Å². The van der Waals surface area contributed by atoms with Gasteiger partial charge in [0.05, 0.1) is 17.3 Å². The minimum Gasteiger partial charge on any atom is -0.494 e. The lowest BCUT2D eigenvalue weighted by atomic mass is 10.1. The Morgan fingerprint density at radius 1 is 0.667 bits per heavy atom. The number of benzene rings is 1. The summed E-state index contributed by atoms with van der Waals surface area (Å²) in [6.45, 7) is 0.568. The molecule has 0 radical (unpaired) electrons. The number of unbranched alkanes of at least 4 members (excludes halogenated alkanes) is 9. The lowest BCUT2D eigenvalue weighted by Crippen LogP contribution is -2.03. The van der Waals surface area contributed by atoms with Gasteiger partial charge in [0.15, 0.2) is 0 Å². The molecule has 0 saturated heterocycles. The van der Waals surface area contributed by atoms with Crippen molar-refractivity contribution in [3.63, 3.8) is 0 Å². The topological polar surface area (TPSA) is 118 Å². The average molecular weight is 423 g/mol. The Balaban J connectivity index is 1.93. The Morgan fingerprint density at radius 2 is 1.11 bits per heavy atom. The molecular weight excluding hydrogens is 392 g/mol. The molecule has 27 heavy (non-hydrogen) atoms. The molecule has 0 saturated carbocycles. The van der Waals surface area contributed by atoms with Crippen LogP contribution in [0.5, 0.6) is 5.75 Å². The van der Waals surface area contributed by atoms with Gasteiger partial charge < -0.3 is 4.74 Å². The van der Waals surface area contributed by atoms with E-state index >= 15 is 0 Å². The highest BCUT2D eigenvalue weighted by molar-refractivity contribution is 7.86. The maximum Gasteiger partial charge on any atom is 0.294 e. The smallest absolute Gasteiger partial charge is 0.294 e. The van der Waals surface area contributed by atoms with Gasteiger partial charge in [-0.25, -0.2) is 0 Å². The largest absolute Gasteiger partial charge is 0.494 e. The number of hydrogen-bond donors (Lipinski definition) is 2. The van der Waals surface area contributed by atoms with Gasteiger partial charge in [-0.1, -0.05) is 51.4 Å². The summed E-state index contributed by atoms with van der Waals surface area (Å²) < 4.78 is 66.0. The lowest BCUT2D eigenvalue weighted by molar-refractivity contribution is 0.304. The van der Waals surface area contributed by atoms with Crippen molar-refractivity contribution in [3.05, 3.63) is 24.3 Å². The molecule has 1 rings (SSSR count). The van der Waals surface area contributed by atoms with Crippen molar-refractivity contribution in [2.45, 2.75) is 69.1 Å². The minimum atomic E-state index is -4.16. The summed E-state index contributed by atoms with van der Waals surface area (Å²) in [6, 6.07) is 5.68. The van der Waals surface area contributed by atoms with E-state index in [0.29, 0.717) is 18.8 Å². The van der Waals surface area contributed by atoms with Crippen LogP contribution < -0.4 is 4.74 Å². The predicted octanol–water partition coefficient (Wildman–Crippen LogP) is 4.10. The van der Waals surface area contributed by atoms with Crippen LogP contribution in [-0.2, 0) is 20.2 Å². The van der Waals surface area contributed by atoms with E-state index in [0.717, 1.165) is 57.8 Å². The second-order valence-electron chi connectivity index (χ2n) is 6.62. The molecule has 0 unspecified atom stereocenters. The zero-order chi connectivity index (χ0) is 20.2. The molecule has 0 aromatic heterocycles. The maximum absolute atomic E-state index is 10.9. The van der Waals surface area contributed by atoms with E-state index in [4.69, 9.17) is 13.8 Å². The third-order valence-electron chi connectivity index (χ3n) is 4.19. The molecule has 0 fully saturated rings. The van der Waals surface area contributed by atoms with E-state index in [9.17, 15) is 16.8 Å². The molecule has 1 aromatic rings. The van der Waals surface area contributed by atoms with Gasteiger partial charge in [0.1, 0.15) is 5.75 Å². The summed E-state index contributed by atoms with van der Waals surface area (Å²) in [5, 5.41) is 0. The van der Waals surface area contributed by atoms with Gasteiger partial charge >= 0.3 is 0 Å². The Bertz CT molecular complexity index is 725. The van der Waals surface area contributed by atoms with Gasteiger partial charge in [-0.05, 0) is 37.1 Å². The van der Waals surface area contributed by atoms with E-state index in [1.165, 1.54) is 24.3 Å². The predicted molar refractivity (Wildman–Crippen MR) is 104 cm³/mol. The summed E-state index contributed by atoms with van der Waals surface area (Å²) in [5.74, 6) is 0.441. The van der Waals surface area contributed by atoms with E-state index in [-0.39, 0.29) is 10.6 Å². The molecule has 0 bridgehead atoms. The molecule has 0 amide bonds. The standard InChI is InChI=1S/C18H30O7S2/c19-26(20,21)16-10-8-6-4-2-1-3-5-7-9-15-25-17-11-13-18(14-12-17)27(22,23)24/h11-14H,1-10,15-16H2,(H,19,20,21)(H,22,23,24). The maximum atomic E-state index is 10.9. The van der Waals surface area contributed by atoms with Crippen molar-refractivity contribution in [2.75, 3.05) is 12.4 Å². The van der Waals surface area contributed by atoms with Crippen LogP contribution in [0.15, 0.2) is 29.2 Å². The average Bonchev–Trinajstić information content (AvgIpc) is 2.57. The summed E-state index contributed by atoms with van der Waals surface area (Å²) in [4.78, 5) is -0.145. The molecule has 0 aliphatic rings. The van der Waals surface area contributed by atoms with Crippen LogP contribution in [0.2, 0.25) is 0 Å². The van der Waals surface area contributed by atoms with Crippen molar-refractivity contribution in [1.82, 2.24) is 0 Å². The summed E-state index contributed by atoms with van der Waals surface area (Å²) in [6.07, 6.45) is 10.0. The van der Waals surface area contributed by atoms with Crippen LogP contribution in [0.25, 0.3) is 0 Å². The molecular formula is C18H30O7S2. The van der Waals surface area contributed by atoms with Crippen molar-refractivity contribution < 1.29 is 30.7 Å². The first kappa shape index (κ1) is 23.9. The SMILES string of the molecule is O=S(=O)(O)CCCCCCCCCCCCOc1ccc(S(=O)(=O)O)cc1. The van der Waals surface area contributed by atoms with Crippen LogP contribution in [0, 0.1) is 0 Å². The monoisotopic (exact) mass is 422 g/mol. The highest BCUT2D eigenvalue weighted by atomic mass is 32.2. The van der Waals surface area contributed by atoms with Crippen LogP contribution in [0.4, 0.5) is 0 Å². The molecule has 0 aliphatic heterocycles. The molecule has 0 aliphatic carbocycles. The quantitative estimate of drug-likeness (QED) is 0.323. The minimum absolute atomic E-state index is 0.139. The van der Waals surface area contributed by atoms with Crippen LogP contribution in [0.3, 0.4) is 0 Å². The molecule has 0 heterocycles. The molecule has 7 nitrogen and oxygen atoms in total. The number of ether oxygens (including phenoxy) is 1. The van der Waals surface area contributed by atoms with Crippen LogP contribution in [0.1, 0.15) is 64.2 Å². The first-order chi connectivity index (χ1) is 12.7. The first-order valence-corrected chi connectivity index (χ1v) is 12.4. The van der Waals surface area contributed by atoms with E-state index in [2.05, 4.69) is 0 Å². The Kier molecular flexibility index (Phi) is 10.9. The zero-order valence-electron chi connectivity index (χ0n) is 15.5. The van der Waals surface area contributed by atoms with Crippen molar-refractivity contribution in [1.29, 1.82) is 0 Å². The summed E-state index contributed by atoms with van der Waals surface area (Å²) in [5.41, 5.74) is 0. The normalized spacial score (nSPS) is 12.2. The first-order valence-electron chi connectivity index (χ1n) is 9.34. The Morgan fingerprint density at radius 3 is 1.56 bits per heavy atom. The Hall–Kier alpha value is -1.16. The molecule has 9 heteroatoms. The molecule has 156 valence electrons. The molecule has 1 aromatic carbocycles. The molecule has 2 N–H and O–H groups in total. The molecule has 0 atom stereocenters. The highest BCUT2D eigenvalue weighted by Gasteiger charge is 2.08. The number of hydrogen-bond acceptors (Lipinski definition) is 5. The third-order valence-corrected chi connectivity index (χ3v) is 5.86. The van der Waals surface area contributed by atoms with E-state index in [1.54, 1.807) is 0 Å². The zero-order valence-corrected chi connectivity index (χ0v) is 17.2. The summed E-state index contributed by atoms with van der Waals surface area (Å²) >= 11 is 0.